The van der Waals surface area contributed by atoms with Gasteiger partial charge < -0.3 is 14.6 Å². The molecule has 0 heterocycles. The average Bonchev–Trinajstić information content (AvgIpc) is 2.64. The highest BCUT2D eigenvalue weighted by atomic mass is 79.9. The summed E-state index contributed by atoms with van der Waals surface area (Å²) in [7, 11) is 0. The van der Waals surface area contributed by atoms with Gasteiger partial charge in [0.1, 0.15) is 11.6 Å². The van der Waals surface area contributed by atoms with Gasteiger partial charge in [0, 0.05) is 11.6 Å². The number of rotatable bonds is 6. The van der Waals surface area contributed by atoms with E-state index in [0.29, 0.717) is 0 Å². The molecular weight excluding hydrogens is 450 g/mol. The van der Waals surface area contributed by atoms with Crippen molar-refractivity contribution >= 4 is 21.9 Å². The second-order valence-electron chi connectivity index (χ2n) is 5.42. The van der Waals surface area contributed by atoms with Gasteiger partial charge in [-0.3, -0.25) is 0 Å². The Morgan fingerprint density at radius 1 is 1.32 bits per heavy atom. The number of carbonyl (C=O) groups is 1. The number of hydrogen-bond donors (Lipinski definition) is 1. The molecule has 0 spiro atoms. The third-order valence-electron chi connectivity index (χ3n) is 3.49. The number of halogens is 5. The molecule has 2 aromatic carbocycles. The number of benzene rings is 2. The summed E-state index contributed by atoms with van der Waals surface area (Å²) in [6, 6.07) is 6.50. The molecule has 0 aliphatic rings. The Hall–Kier alpha value is -2.64. The van der Waals surface area contributed by atoms with Crippen molar-refractivity contribution in [1.82, 2.24) is 0 Å². The summed E-state index contributed by atoms with van der Waals surface area (Å²) >= 11 is 2.74. The lowest BCUT2D eigenvalue weighted by atomic mass is 10.0. The van der Waals surface area contributed by atoms with Crippen molar-refractivity contribution in [2.75, 3.05) is 6.61 Å². The standard InChI is InChI=1S/C18H12BrF4NO4/c1-2-27-17(26)18(22,23)16(25)12-3-4-13(15(21)14(12)19)28-11-6-9(8-24)5-10(20)7-11/h3-7,16,25H,2H2,1H3. The second-order valence-corrected chi connectivity index (χ2v) is 6.21. The highest BCUT2D eigenvalue weighted by Gasteiger charge is 2.50. The monoisotopic (exact) mass is 461 g/mol. The van der Waals surface area contributed by atoms with Gasteiger partial charge in [-0.2, -0.15) is 14.0 Å². The quantitative estimate of drug-likeness (QED) is 0.501. The SMILES string of the molecule is CCOC(=O)C(F)(F)C(O)c1ccc(Oc2cc(F)cc(C#N)c2)c(F)c1Br. The maximum Gasteiger partial charge on any atom is 0.380 e. The van der Waals surface area contributed by atoms with E-state index in [0.717, 1.165) is 30.3 Å². The first-order chi connectivity index (χ1) is 13.1. The molecule has 10 heteroatoms. The van der Waals surface area contributed by atoms with E-state index in [1.54, 1.807) is 6.07 Å². The van der Waals surface area contributed by atoms with Gasteiger partial charge >= 0.3 is 11.9 Å². The van der Waals surface area contributed by atoms with Gasteiger partial charge in [-0.1, -0.05) is 6.07 Å². The van der Waals surface area contributed by atoms with Crippen LogP contribution in [0, 0.1) is 23.0 Å². The van der Waals surface area contributed by atoms with Crippen LogP contribution in [-0.4, -0.2) is 23.6 Å². The summed E-state index contributed by atoms with van der Waals surface area (Å²) in [4.78, 5) is 11.3. The Labute approximate surface area is 165 Å². The molecule has 0 saturated heterocycles. The number of aliphatic hydroxyl groups excluding tert-OH is 1. The first-order valence-electron chi connectivity index (χ1n) is 7.71. The van der Waals surface area contributed by atoms with Crippen LogP contribution in [-0.2, 0) is 9.53 Å². The lowest BCUT2D eigenvalue weighted by Gasteiger charge is -2.22. The average molecular weight is 462 g/mol. The van der Waals surface area contributed by atoms with Crippen molar-refractivity contribution in [2.24, 2.45) is 0 Å². The van der Waals surface area contributed by atoms with E-state index in [2.05, 4.69) is 20.7 Å². The molecule has 5 nitrogen and oxygen atoms in total. The zero-order valence-electron chi connectivity index (χ0n) is 14.2. The highest BCUT2D eigenvalue weighted by Crippen LogP contribution is 2.40. The maximum absolute atomic E-state index is 14.5. The molecule has 0 saturated carbocycles. The maximum atomic E-state index is 14.5. The van der Waals surface area contributed by atoms with Gasteiger partial charge in [-0.25, -0.2) is 13.6 Å². The van der Waals surface area contributed by atoms with Crippen molar-refractivity contribution in [3.8, 4) is 17.6 Å². The molecule has 2 aromatic rings. The minimum Gasteiger partial charge on any atom is -0.461 e. The van der Waals surface area contributed by atoms with Crippen molar-refractivity contribution in [1.29, 1.82) is 5.26 Å². The van der Waals surface area contributed by atoms with Crippen LogP contribution in [0.2, 0.25) is 0 Å². The van der Waals surface area contributed by atoms with Gasteiger partial charge in [0.15, 0.2) is 17.7 Å². The molecule has 0 bridgehead atoms. The summed E-state index contributed by atoms with van der Waals surface area (Å²) in [5.41, 5.74) is -0.699. The van der Waals surface area contributed by atoms with Crippen LogP contribution in [0.5, 0.6) is 11.5 Å². The van der Waals surface area contributed by atoms with Crippen LogP contribution in [0.3, 0.4) is 0 Å². The van der Waals surface area contributed by atoms with Gasteiger partial charge in [-0.05, 0) is 41.1 Å². The predicted octanol–water partition coefficient (Wildman–Crippen LogP) is 4.62. The second kappa shape index (κ2) is 8.58. The molecule has 0 aromatic heterocycles. The summed E-state index contributed by atoms with van der Waals surface area (Å²) in [5.74, 6) is -8.95. The Morgan fingerprint density at radius 3 is 2.61 bits per heavy atom. The minimum absolute atomic E-state index is 0.0735. The Balaban J connectivity index is 2.36. The topological polar surface area (TPSA) is 79.6 Å². The number of ether oxygens (including phenoxy) is 2. The van der Waals surface area contributed by atoms with Crippen molar-refractivity contribution in [3.05, 3.63) is 57.6 Å². The van der Waals surface area contributed by atoms with Crippen LogP contribution in [0.4, 0.5) is 17.6 Å². The zero-order chi connectivity index (χ0) is 21.1. The molecule has 1 atom stereocenters. The molecule has 0 radical (unpaired) electrons. The molecule has 0 aliphatic carbocycles. The fourth-order valence-electron chi connectivity index (χ4n) is 2.18. The summed E-state index contributed by atoms with van der Waals surface area (Å²) in [5, 5.41) is 18.7. The number of alkyl halides is 2. The van der Waals surface area contributed by atoms with E-state index < -0.39 is 45.4 Å². The molecule has 148 valence electrons. The van der Waals surface area contributed by atoms with Crippen LogP contribution in [0.25, 0.3) is 0 Å². The van der Waals surface area contributed by atoms with E-state index in [1.165, 1.54) is 6.92 Å². The molecule has 1 unspecified atom stereocenters. The minimum atomic E-state index is -4.32. The first kappa shape index (κ1) is 21.7. The van der Waals surface area contributed by atoms with E-state index in [9.17, 15) is 27.5 Å². The third kappa shape index (κ3) is 4.43. The Bertz CT molecular complexity index is 946. The van der Waals surface area contributed by atoms with Crippen molar-refractivity contribution in [3.63, 3.8) is 0 Å². The molecule has 0 fully saturated rings. The fraction of sp³-hybridized carbons (Fsp3) is 0.222. The van der Waals surface area contributed by atoms with Gasteiger partial charge in [0.05, 0.1) is 22.7 Å². The van der Waals surface area contributed by atoms with E-state index >= 15 is 0 Å². The lowest BCUT2D eigenvalue weighted by molar-refractivity contribution is -0.189. The number of carbonyl (C=O) groups excluding carboxylic acids is 1. The van der Waals surface area contributed by atoms with Gasteiger partial charge in [0.2, 0.25) is 0 Å². The smallest absolute Gasteiger partial charge is 0.380 e. The van der Waals surface area contributed by atoms with Crippen LogP contribution in [0.15, 0.2) is 34.8 Å². The van der Waals surface area contributed by atoms with E-state index in [-0.39, 0.29) is 17.9 Å². The predicted molar refractivity (Wildman–Crippen MR) is 91.8 cm³/mol. The number of esters is 1. The summed E-state index contributed by atoms with van der Waals surface area (Å²) < 4.78 is 64.8. The molecule has 28 heavy (non-hydrogen) atoms. The van der Waals surface area contributed by atoms with Crippen molar-refractivity contribution < 1.29 is 36.9 Å². The van der Waals surface area contributed by atoms with Crippen LogP contribution < -0.4 is 4.74 Å². The Morgan fingerprint density at radius 2 is 2.00 bits per heavy atom. The third-order valence-corrected chi connectivity index (χ3v) is 4.30. The number of nitriles is 1. The molecule has 2 rings (SSSR count). The van der Waals surface area contributed by atoms with Crippen LogP contribution >= 0.6 is 15.9 Å². The summed E-state index contributed by atoms with van der Waals surface area (Å²) in [6.07, 6.45) is -2.69. The van der Waals surface area contributed by atoms with Crippen LogP contribution in [0.1, 0.15) is 24.2 Å². The molecule has 1 N–H and O–H groups in total. The van der Waals surface area contributed by atoms with E-state index in [1.807, 2.05) is 0 Å². The lowest BCUT2D eigenvalue weighted by Crippen LogP contribution is -2.37. The Kier molecular flexibility index (Phi) is 6.64. The fourth-order valence-corrected chi connectivity index (χ4v) is 2.73. The number of hydrogen-bond acceptors (Lipinski definition) is 5. The molecule has 0 aliphatic heterocycles. The number of aliphatic hydroxyl groups is 1. The van der Waals surface area contributed by atoms with E-state index in [4.69, 9.17) is 10.00 Å². The first-order valence-corrected chi connectivity index (χ1v) is 8.50. The summed E-state index contributed by atoms with van der Waals surface area (Å²) in [6.45, 7) is 0.980. The van der Waals surface area contributed by atoms with Gasteiger partial charge in [0.25, 0.3) is 0 Å². The number of nitrogens with zero attached hydrogens (tertiary/aromatic N) is 1. The highest BCUT2D eigenvalue weighted by molar-refractivity contribution is 9.10. The largest absolute Gasteiger partial charge is 0.461 e. The van der Waals surface area contributed by atoms with Gasteiger partial charge in [-0.15, -0.1) is 0 Å². The molecule has 0 amide bonds. The molecular formula is C18H12BrF4NO4. The normalized spacial score (nSPS) is 12.2. The van der Waals surface area contributed by atoms with Crippen molar-refractivity contribution in [2.45, 2.75) is 19.0 Å². The zero-order valence-corrected chi connectivity index (χ0v) is 15.8.